The number of methoxy groups -OCH3 is 1. The summed E-state index contributed by atoms with van der Waals surface area (Å²) < 4.78 is 7.47. The van der Waals surface area contributed by atoms with E-state index in [1.807, 2.05) is 25.2 Å². The normalized spacial score (nSPS) is 13.0. The number of aliphatic hydroxyl groups is 1. The average Bonchev–Trinajstić information content (AvgIpc) is 2.81. The number of aryl methyl sites for hydroxylation is 1. The number of hydrogen-bond donors (Lipinski definition) is 1. The minimum absolute atomic E-state index is 0.533. The van der Waals surface area contributed by atoms with Gasteiger partial charge in [0.1, 0.15) is 0 Å². The molecule has 0 fully saturated rings. The number of aliphatic hydroxyl groups excluding tert-OH is 1. The first-order chi connectivity index (χ1) is 10.2. The first-order valence-electron chi connectivity index (χ1n) is 6.95. The van der Waals surface area contributed by atoms with E-state index in [-0.39, 0.29) is 0 Å². The number of aromatic nitrogens is 1. The van der Waals surface area contributed by atoms with Crippen LogP contribution in [0.15, 0.2) is 54.8 Å². The number of allylic oxidation sites excluding steroid dienone is 5. The van der Waals surface area contributed by atoms with Crippen molar-refractivity contribution in [3.05, 3.63) is 66.1 Å². The molecule has 0 saturated heterocycles. The lowest BCUT2D eigenvalue weighted by molar-refractivity contribution is 0.180. The Labute approximate surface area is 125 Å². The maximum absolute atomic E-state index is 8.92. The van der Waals surface area contributed by atoms with Crippen molar-refractivity contribution < 1.29 is 9.84 Å². The van der Waals surface area contributed by atoms with Gasteiger partial charge < -0.3 is 14.4 Å². The fourth-order valence-corrected chi connectivity index (χ4v) is 2.47. The van der Waals surface area contributed by atoms with Gasteiger partial charge in [-0.2, -0.15) is 0 Å². The van der Waals surface area contributed by atoms with E-state index in [2.05, 4.69) is 35.8 Å². The average molecular weight is 283 g/mol. The van der Waals surface area contributed by atoms with Gasteiger partial charge in [0.25, 0.3) is 0 Å². The van der Waals surface area contributed by atoms with Crippen LogP contribution in [0.4, 0.5) is 0 Å². The first-order valence-corrected chi connectivity index (χ1v) is 6.95. The number of hydrogen-bond acceptors (Lipinski definition) is 2. The summed E-state index contributed by atoms with van der Waals surface area (Å²) in [6.45, 7) is 4.60. The molecular weight excluding hydrogens is 262 g/mol. The lowest BCUT2D eigenvalue weighted by Gasteiger charge is -2.11. The van der Waals surface area contributed by atoms with Gasteiger partial charge in [-0.15, -0.1) is 0 Å². The molecule has 0 aliphatic heterocycles. The lowest BCUT2D eigenvalue weighted by Crippen LogP contribution is -2.01. The molecule has 0 unspecified atom stereocenters. The van der Waals surface area contributed by atoms with E-state index < -0.39 is 0 Å². The van der Waals surface area contributed by atoms with Crippen LogP contribution in [0.25, 0.3) is 16.6 Å². The Bertz CT molecular complexity index is 705. The molecule has 1 heterocycles. The highest BCUT2D eigenvalue weighted by atomic mass is 16.5. The smallest absolute Gasteiger partial charge is 0.0868 e. The molecule has 21 heavy (non-hydrogen) atoms. The summed E-state index contributed by atoms with van der Waals surface area (Å²) in [5, 5.41) is 10.1. The van der Waals surface area contributed by atoms with Crippen LogP contribution in [-0.2, 0) is 11.3 Å². The van der Waals surface area contributed by atoms with Gasteiger partial charge in [0.15, 0.2) is 0 Å². The molecular formula is C18H21NO2. The minimum Gasteiger partial charge on any atom is -0.516 e. The van der Waals surface area contributed by atoms with E-state index in [1.54, 1.807) is 13.2 Å². The van der Waals surface area contributed by atoms with Crippen LogP contribution in [0, 0.1) is 6.92 Å². The third-order valence-corrected chi connectivity index (χ3v) is 3.27. The zero-order valence-corrected chi connectivity index (χ0v) is 12.7. The van der Waals surface area contributed by atoms with Gasteiger partial charge in [-0.1, -0.05) is 17.7 Å². The van der Waals surface area contributed by atoms with Gasteiger partial charge >= 0.3 is 0 Å². The molecule has 0 spiro atoms. The Balaban J connectivity index is 2.71. The van der Waals surface area contributed by atoms with Gasteiger partial charge in [0.05, 0.1) is 18.4 Å². The van der Waals surface area contributed by atoms with Gasteiger partial charge in [-0.25, -0.2) is 0 Å². The highest BCUT2D eigenvalue weighted by Crippen LogP contribution is 2.26. The third kappa shape index (κ3) is 3.26. The second kappa shape index (κ2) is 6.95. The molecule has 0 aliphatic carbocycles. The second-order valence-electron chi connectivity index (χ2n) is 4.90. The molecule has 2 aromatic rings. The van der Waals surface area contributed by atoms with Crippen LogP contribution in [0.3, 0.4) is 0 Å². The van der Waals surface area contributed by atoms with Crippen molar-refractivity contribution in [2.45, 2.75) is 20.5 Å². The summed E-state index contributed by atoms with van der Waals surface area (Å²) in [6.07, 6.45) is 8.52. The summed E-state index contributed by atoms with van der Waals surface area (Å²) in [5.74, 6) is 0. The predicted molar refractivity (Wildman–Crippen MR) is 88.2 cm³/mol. The molecule has 3 nitrogen and oxygen atoms in total. The molecule has 1 aromatic carbocycles. The first kappa shape index (κ1) is 15.1. The monoisotopic (exact) mass is 283 g/mol. The van der Waals surface area contributed by atoms with Crippen molar-refractivity contribution in [3.8, 4) is 0 Å². The zero-order valence-electron chi connectivity index (χ0n) is 12.7. The van der Waals surface area contributed by atoms with Crippen LogP contribution < -0.4 is 0 Å². The minimum atomic E-state index is 0.533. The maximum Gasteiger partial charge on any atom is 0.0868 e. The highest BCUT2D eigenvalue weighted by molar-refractivity contribution is 5.86. The molecule has 0 aliphatic rings. The van der Waals surface area contributed by atoms with Crippen LogP contribution in [0.5, 0.6) is 0 Å². The molecule has 0 amide bonds. The second-order valence-corrected chi connectivity index (χ2v) is 4.90. The standard InChI is InChI=1S/C18H21NO2/c1-4-6-16(7-5-10-20)19-17(13-21-3)12-15-11-14(2)8-9-18(15)19/h4-12,20H,13H2,1-3H3/b6-4-,10-5+,16-7+. The molecule has 0 atom stereocenters. The molecule has 3 heteroatoms. The third-order valence-electron chi connectivity index (χ3n) is 3.27. The molecule has 0 saturated carbocycles. The topological polar surface area (TPSA) is 34.4 Å². The lowest BCUT2D eigenvalue weighted by atomic mass is 10.2. The van der Waals surface area contributed by atoms with Crippen molar-refractivity contribution in [1.29, 1.82) is 0 Å². The summed E-state index contributed by atoms with van der Waals surface area (Å²) in [7, 11) is 1.69. The summed E-state index contributed by atoms with van der Waals surface area (Å²) in [6, 6.07) is 8.53. The van der Waals surface area contributed by atoms with E-state index in [1.165, 1.54) is 10.9 Å². The summed E-state index contributed by atoms with van der Waals surface area (Å²) in [4.78, 5) is 0. The fourth-order valence-electron chi connectivity index (χ4n) is 2.47. The van der Waals surface area contributed by atoms with Crippen molar-refractivity contribution >= 4 is 16.6 Å². The molecule has 1 aromatic heterocycles. The number of benzene rings is 1. The van der Waals surface area contributed by atoms with E-state index >= 15 is 0 Å². The van der Waals surface area contributed by atoms with Gasteiger partial charge in [-0.3, -0.25) is 0 Å². The van der Waals surface area contributed by atoms with E-state index in [0.717, 1.165) is 23.2 Å². The fraction of sp³-hybridized carbons (Fsp3) is 0.222. The molecule has 110 valence electrons. The Hall–Kier alpha value is -2.26. The van der Waals surface area contributed by atoms with E-state index in [9.17, 15) is 0 Å². The number of nitrogens with zero attached hydrogens (tertiary/aromatic N) is 1. The van der Waals surface area contributed by atoms with Crippen LogP contribution >= 0.6 is 0 Å². The van der Waals surface area contributed by atoms with E-state index in [4.69, 9.17) is 9.84 Å². The Morgan fingerprint density at radius 1 is 1.33 bits per heavy atom. The zero-order chi connectivity index (χ0) is 15.2. The van der Waals surface area contributed by atoms with Gasteiger partial charge in [-0.05, 0) is 50.3 Å². The quantitative estimate of drug-likeness (QED) is 0.643. The van der Waals surface area contributed by atoms with Crippen LogP contribution in [0.2, 0.25) is 0 Å². The van der Waals surface area contributed by atoms with Crippen molar-refractivity contribution in [2.75, 3.05) is 7.11 Å². The van der Waals surface area contributed by atoms with Crippen molar-refractivity contribution in [1.82, 2.24) is 4.57 Å². The largest absolute Gasteiger partial charge is 0.516 e. The van der Waals surface area contributed by atoms with E-state index in [0.29, 0.717) is 6.61 Å². The van der Waals surface area contributed by atoms with Crippen molar-refractivity contribution in [3.63, 3.8) is 0 Å². The highest BCUT2D eigenvalue weighted by Gasteiger charge is 2.10. The Morgan fingerprint density at radius 2 is 2.14 bits per heavy atom. The molecule has 0 radical (unpaired) electrons. The Morgan fingerprint density at radius 3 is 2.81 bits per heavy atom. The maximum atomic E-state index is 8.92. The van der Waals surface area contributed by atoms with Gasteiger partial charge in [0.2, 0.25) is 0 Å². The van der Waals surface area contributed by atoms with Crippen molar-refractivity contribution in [2.24, 2.45) is 0 Å². The summed E-state index contributed by atoms with van der Waals surface area (Å²) in [5.41, 5.74) is 4.42. The molecule has 2 rings (SSSR count). The Kier molecular flexibility index (Phi) is 5.01. The molecule has 1 N–H and O–H groups in total. The summed E-state index contributed by atoms with van der Waals surface area (Å²) >= 11 is 0. The van der Waals surface area contributed by atoms with Crippen LogP contribution in [0.1, 0.15) is 18.2 Å². The van der Waals surface area contributed by atoms with Crippen LogP contribution in [-0.4, -0.2) is 16.8 Å². The van der Waals surface area contributed by atoms with Gasteiger partial charge in [0, 0.05) is 23.9 Å². The number of ether oxygens (including phenoxy) is 1. The number of rotatable bonds is 5. The SMILES string of the molecule is C\C=C/C(=C\C=C\O)n1c(COC)cc2cc(C)ccc21. The molecule has 0 bridgehead atoms. The predicted octanol–water partition coefficient (Wildman–Crippen LogP) is 4.58. The number of fused-ring (bicyclic) bond motifs is 1.